The van der Waals surface area contributed by atoms with Crippen LogP contribution in [-0.4, -0.2) is 15.8 Å². The van der Waals surface area contributed by atoms with E-state index >= 15 is 0 Å². The maximum absolute atomic E-state index is 10.9. The number of hydrogen-bond acceptors (Lipinski definition) is 2. The number of hydrogen-bond donors (Lipinski definition) is 2. The largest absolute Gasteiger partial charge is 0.507 e. The fourth-order valence-corrected chi connectivity index (χ4v) is 6.19. The van der Waals surface area contributed by atoms with Crippen molar-refractivity contribution in [2.75, 3.05) is 0 Å². The molecule has 2 N–H and O–H groups in total. The molecule has 2 fully saturated rings. The number of aryl methyl sites for hydroxylation is 1. The lowest BCUT2D eigenvalue weighted by Gasteiger charge is -2.52. The molecule has 4 rings (SSSR count). The summed E-state index contributed by atoms with van der Waals surface area (Å²) >= 11 is 3.47. The molecule has 0 heterocycles. The minimum atomic E-state index is -0.932. The van der Waals surface area contributed by atoms with E-state index in [4.69, 9.17) is 6.42 Å². The van der Waals surface area contributed by atoms with Crippen molar-refractivity contribution in [2.45, 2.75) is 57.0 Å². The van der Waals surface area contributed by atoms with Crippen LogP contribution in [0.1, 0.15) is 56.1 Å². The minimum Gasteiger partial charge on any atom is -0.507 e. The van der Waals surface area contributed by atoms with Gasteiger partial charge in [0.1, 0.15) is 11.4 Å². The van der Waals surface area contributed by atoms with E-state index in [1.165, 1.54) is 11.1 Å². The first-order valence-electron chi connectivity index (χ1n) is 8.61. The second-order valence-corrected chi connectivity index (χ2v) is 8.77. The number of terminal acetylenes is 1. The summed E-state index contributed by atoms with van der Waals surface area (Å²) < 4.78 is 0.789. The van der Waals surface area contributed by atoms with Crippen molar-refractivity contribution >= 4 is 15.9 Å². The SMILES string of the molecule is C#C[C@]1(O)CC[C@H]2[C@@H]3CCc4cc(O)c(Br)cc4[C@H]3CCC21C. The zero-order valence-corrected chi connectivity index (χ0v) is 15.1. The number of aromatic hydroxyl groups is 1. The summed E-state index contributed by atoms with van der Waals surface area (Å²) in [5, 5.41) is 20.9. The van der Waals surface area contributed by atoms with E-state index in [2.05, 4.69) is 34.8 Å². The first-order chi connectivity index (χ1) is 10.9. The van der Waals surface area contributed by atoms with Gasteiger partial charge in [0.25, 0.3) is 0 Å². The molecular weight excluding hydrogens is 352 g/mol. The Balaban J connectivity index is 1.74. The summed E-state index contributed by atoms with van der Waals surface area (Å²) in [6, 6.07) is 4.04. The maximum atomic E-state index is 10.9. The van der Waals surface area contributed by atoms with Gasteiger partial charge in [-0.1, -0.05) is 12.8 Å². The average Bonchev–Trinajstić information content (AvgIpc) is 2.81. The number of phenols is 1. The van der Waals surface area contributed by atoms with Gasteiger partial charge in [0.15, 0.2) is 0 Å². The van der Waals surface area contributed by atoms with Gasteiger partial charge in [-0.25, -0.2) is 0 Å². The summed E-state index contributed by atoms with van der Waals surface area (Å²) in [5.41, 5.74) is 1.61. The lowest BCUT2D eigenvalue weighted by molar-refractivity contribution is -0.0647. The second kappa shape index (κ2) is 5.01. The number of aliphatic hydroxyl groups is 1. The Bertz CT molecular complexity index is 706. The van der Waals surface area contributed by atoms with E-state index in [0.29, 0.717) is 23.5 Å². The molecule has 3 heteroatoms. The number of benzene rings is 1. The van der Waals surface area contributed by atoms with Crippen molar-refractivity contribution in [3.8, 4) is 18.1 Å². The van der Waals surface area contributed by atoms with Crippen LogP contribution in [0.25, 0.3) is 0 Å². The van der Waals surface area contributed by atoms with Crippen LogP contribution in [0, 0.1) is 29.6 Å². The highest BCUT2D eigenvalue weighted by Gasteiger charge is 2.61. The molecule has 2 saturated carbocycles. The topological polar surface area (TPSA) is 40.5 Å². The molecular formula is C20H23BrO2. The highest BCUT2D eigenvalue weighted by molar-refractivity contribution is 9.10. The lowest BCUT2D eigenvalue weighted by atomic mass is 9.53. The molecule has 0 amide bonds. The summed E-state index contributed by atoms with van der Waals surface area (Å²) in [5.74, 6) is 4.70. The lowest BCUT2D eigenvalue weighted by Crippen LogP contribution is -2.50. The predicted molar refractivity (Wildman–Crippen MR) is 94.2 cm³/mol. The molecule has 0 spiro atoms. The normalized spacial score (nSPS) is 41.6. The van der Waals surface area contributed by atoms with Gasteiger partial charge in [-0.05, 0) is 95.5 Å². The zero-order chi connectivity index (χ0) is 16.4. The van der Waals surface area contributed by atoms with Gasteiger partial charge in [0, 0.05) is 5.41 Å². The molecule has 1 unspecified atom stereocenters. The standard InChI is InChI=1S/C20H23BrO2/c1-3-20(23)9-7-16-14-5-4-12-10-18(22)17(21)11-15(12)13(14)6-8-19(16,20)2/h1,10-11,13-14,16,22-23H,4-9H2,2H3/t13-,14+,16-,19?,20-/m0/s1. The number of halogens is 1. The Kier molecular flexibility index (Phi) is 3.38. The number of rotatable bonds is 0. The van der Waals surface area contributed by atoms with Crippen molar-refractivity contribution < 1.29 is 10.2 Å². The monoisotopic (exact) mass is 374 g/mol. The van der Waals surface area contributed by atoms with Crippen LogP contribution < -0.4 is 0 Å². The Morgan fingerprint density at radius 2 is 2.04 bits per heavy atom. The van der Waals surface area contributed by atoms with Crippen molar-refractivity contribution in [1.82, 2.24) is 0 Å². The van der Waals surface area contributed by atoms with E-state index in [0.717, 1.165) is 43.0 Å². The minimum absolute atomic E-state index is 0.144. The van der Waals surface area contributed by atoms with Gasteiger partial charge in [-0.2, -0.15) is 0 Å². The fraction of sp³-hybridized carbons (Fsp3) is 0.600. The van der Waals surface area contributed by atoms with Crippen molar-refractivity contribution in [3.05, 3.63) is 27.7 Å². The molecule has 1 aromatic rings. The van der Waals surface area contributed by atoms with Crippen LogP contribution in [0.2, 0.25) is 0 Å². The maximum Gasteiger partial charge on any atom is 0.130 e. The molecule has 23 heavy (non-hydrogen) atoms. The van der Waals surface area contributed by atoms with Gasteiger partial charge >= 0.3 is 0 Å². The van der Waals surface area contributed by atoms with Crippen LogP contribution in [0.4, 0.5) is 0 Å². The van der Waals surface area contributed by atoms with E-state index in [1.54, 1.807) is 0 Å². The smallest absolute Gasteiger partial charge is 0.130 e. The summed E-state index contributed by atoms with van der Waals surface area (Å²) in [6.07, 6.45) is 11.7. The van der Waals surface area contributed by atoms with Crippen LogP contribution in [0.5, 0.6) is 5.75 Å². The molecule has 3 aliphatic carbocycles. The van der Waals surface area contributed by atoms with Gasteiger partial charge in [-0.15, -0.1) is 6.42 Å². The Morgan fingerprint density at radius 1 is 1.26 bits per heavy atom. The molecule has 5 atom stereocenters. The highest BCUT2D eigenvalue weighted by atomic mass is 79.9. The highest BCUT2D eigenvalue weighted by Crippen LogP contribution is 2.64. The molecule has 0 aliphatic heterocycles. The molecule has 122 valence electrons. The fourth-order valence-electron chi connectivity index (χ4n) is 5.83. The predicted octanol–water partition coefficient (Wildman–Crippen LogP) is 4.38. The Morgan fingerprint density at radius 3 is 2.78 bits per heavy atom. The van der Waals surface area contributed by atoms with Crippen molar-refractivity contribution in [1.29, 1.82) is 0 Å². The summed E-state index contributed by atoms with van der Waals surface area (Å²) in [4.78, 5) is 0. The molecule has 0 aromatic heterocycles. The van der Waals surface area contributed by atoms with Crippen LogP contribution in [-0.2, 0) is 6.42 Å². The Labute approximate surface area is 146 Å². The number of fused-ring (bicyclic) bond motifs is 5. The van der Waals surface area contributed by atoms with Gasteiger partial charge in [0.2, 0.25) is 0 Å². The Hall–Kier alpha value is -0.980. The third-order valence-corrected chi connectivity index (χ3v) is 7.82. The molecule has 0 saturated heterocycles. The van der Waals surface area contributed by atoms with Gasteiger partial charge in [-0.3, -0.25) is 0 Å². The van der Waals surface area contributed by atoms with E-state index in [-0.39, 0.29) is 5.41 Å². The third-order valence-electron chi connectivity index (χ3n) is 7.18. The summed E-state index contributed by atoms with van der Waals surface area (Å²) in [7, 11) is 0. The van der Waals surface area contributed by atoms with Crippen molar-refractivity contribution in [3.63, 3.8) is 0 Å². The van der Waals surface area contributed by atoms with Gasteiger partial charge < -0.3 is 10.2 Å². The molecule has 0 radical (unpaired) electrons. The van der Waals surface area contributed by atoms with Crippen LogP contribution in [0.3, 0.4) is 0 Å². The van der Waals surface area contributed by atoms with Gasteiger partial charge in [0.05, 0.1) is 4.47 Å². The quantitative estimate of drug-likeness (QED) is 0.661. The first kappa shape index (κ1) is 15.5. The average molecular weight is 375 g/mol. The van der Waals surface area contributed by atoms with Crippen molar-refractivity contribution in [2.24, 2.45) is 17.3 Å². The summed E-state index contributed by atoms with van der Waals surface area (Å²) in [6.45, 7) is 2.21. The first-order valence-corrected chi connectivity index (χ1v) is 9.40. The molecule has 2 nitrogen and oxygen atoms in total. The molecule has 0 bridgehead atoms. The molecule has 1 aromatic carbocycles. The van der Waals surface area contributed by atoms with E-state index in [9.17, 15) is 10.2 Å². The van der Waals surface area contributed by atoms with E-state index < -0.39 is 5.60 Å². The second-order valence-electron chi connectivity index (χ2n) is 7.92. The molecule has 3 aliphatic rings. The third kappa shape index (κ3) is 1.98. The van der Waals surface area contributed by atoms with Crippen LogP contribution in [0.15, 0.2) is 16.6 Å². The number of phenolic OH excluding ortho intramolecular Hbond substituents is 1. The van der Waals surface area contributed by atoms with Crippen LogP contribution >= 0.6 is 15.9 Å². The van der Waals surface area contributed by atoms with E-state index in [1.807, 2.05) is 6.07 Å². The zero-order valence-electron chi connectivity index (χ0n) is 13.5.